The van der Waals surface area contributed by atoms with E-state index in [-0.39, 0.29) is 11.8 Å². The Kier molecular flexibility index (Phi) is 3.08. The number of hydrogen-bond acceptors (Lipinski definition) is 5. The maximum atomic E-state index is 11.1. The molecule has 0 spiro atoms. The van der Waals surface area contributed by atoms with Crippen molar-refractivity contribution in [2.24, 2.45) is 0 Å². The minimum Gasteiger partial charge on any atom is -0.294 e. The summed E-state index contributed by atoms with van der Waals surface area (Å²) in [7, 11) is 0. The average molecular weight is 225 g/mol. The van der Waals surface area contributed by atoms with Crippen LogP contribution in [0.5, 0.6) is 0 Å². The van der Waals surface area contributed by atoms with E-state index in [4.69, 9.17) is 0 Å². The predicted octanol–water partition coefficient (Wildman–Crippen LogP) is -0.356. The highest BCUT2D eigenvalue weighted by molar-refractivity contribution is 7.07. The smallest absolute Gasteiger partial charge is 0.240 e. The van der Waals surface area contributed by atoms with Gasteiger partial charge in [0.25, 0.3) is 0 Å². The zero-order valence-corrected chi connectivity index (χ0v) is 8.92. The molecule has 0 saturated carbocycles. The molecule has 1 aromatic heterocycles. The van der Waals surface area contributed by atoms with Crippen LogP contribution in [0.4, 0.5) is 0 Å². The van der Waals surface area contributed by atoms with Crippen LogP contribution in [0.3, 0.4) is 0 Å². The molecule has 1 saturated heterocycles. The van der Waals surface area contributed by atoms with E-state index in [1.54, 1.807) is 16.8 Å². The molecule has 0 unspecified atom stereocenters. The average Bonchev–Trinajstić information content (AvgIpc) is 2.65. The second kappa shape index (κ2) is 4.50. The Hall–Kier alpha value is -1.27. The third-order valence-corrected chi connectivity index (χ3v) is 2.82. The fourth-order valence-electron chi connectivity index (χ4n) is 1.49. The molecular formula is C9H11N3O2S. The van der Waals surface area contributed by atoms with Gasteiger partial charge in [0.2, 0.25) is 11.8 Å². The monoisotopic (exact) mass is 225 g/mol. The summed E-state index contributed by atoms with van der Waals surface area (Å²) in [5.41, 5.74) is 2.79. The number of amides is 2. The molecule has 80 valence electrons. The second-order valence-electron chi connectivity index (χ2n) is 3.41. The lowest BCUT2D eigenvalue weighted by Gasteiger charge is -2.24. The lowest BCUT2D eigenvalue weighted by atomic mass is 10.3. The number of hydrogen-bond donors (Lipinski definition) is 1. The molecule has 2 heterocycles. The van der Waals surface area contributed by atoms with Crippen LogP contribution in [0.1, 0.15) is 5.69 Å². The first kappa shape index (κ1) is 10.3. The molecule has 1 N–H and O–H groups in total. The van der Waals surface area contributed by atoms with Gasteiger partial charge in [0, 0.05) is 18.3 Å². The maximum Gasteiger partial charge on any atom is 0.240 e. The summed E-state index contributed by atoms with van der Waals surface area (Å²) in [4.78, 5) is 28.1. The number of nitrogens with zero attached hydrogens (tertiary/aromatic N) is 2. The second-order valence-corrected chi connectivity index (χ2v) is 4.13. The van der Waals surface area contributed by atoms with E-state index in [0.717, 1.165) is 12.1 Å². The van der Waals surface area contributed by atoms with E-state index < -0.39 is 0 Å². The van der Waals surface area contributed by atoms with Gasteiger partial charge in [-0.3, -0.25) is 19.8 Å². The molecule has 0 atom stereocenters. The Morgan fingerprint density at radius 2 is 2.13 bits per heavy atom. The van der Waals surface area contributed by atoms with Gasteiger partial charge < -0.3 is 0 Å². The van der Waals surface area contributed by atoms with Crippen molar-refractivity contribution in [2.45, 2.75) is 6.42 Å². The van der Waals surface area contributed by atoms with Crippen molar-refractivity contribution in [1.29, 1.82) is 0 Å². The molecule has 2 amide bonds. The molecule has 1 fully saturated rings. The van der Waals surface area contributed by atoms with Gasteiger partial charge in [0.15, 0.2) is 0 Å². The van der Waals surface area contributed by atoms with Gasteiger partial charge in [-0.2, -0.15) is 0 Å². The number of thiazole rings is 1. The zero-order chi connectivity index (χ0) is 10.7. The molecule has 1 aliphatic rings. The number of imide groups is 1. The molecule has 1 aliphatic heterocycles. The molecular weight excluding hydrogens is 214 g/mol. The minimum atomic E-state index is -0.218. The van der Waals surface area contributed by atoms with E-state index in [0.29, 0.717) is 19.6 Å². The van der Waals surface area contributed by atoms with Crippen molar-refractivity contribution in [2.75, 3.05) is 19.6 Å². The lowest BCUT2D eigenvalue weighted by molar-refractivity contribution is -0.135. The maximum absolute atomic E-state index is 11.1. The molecule has 1 aromatic rings. The lowest BCUT2D eigenvalue weighted by Crippen LogP contribution is -2.51. The summed E-state index contributed by atoms with van der Waals surface area (Å²) in [6.07, 6.45) is 0.782. The van der Waals surface area contributed by atoms with Crippen LogP contribution < -0.4 is 5.32 Å². The SMILES string of the molecule is O=C1CN(CCc2cscn2)CC(=O)N1. The fourth-order valence-corrected chi connectivity index (χ4v) is 2.08. The summed E-state index contributed by atoms with van der Waals surface area (Å²) in [5, 5.41) is 4.25. The quantitative estimate of drug-likeness (QED) is 0.714. The number of rotatable bonds is 3. The van der Waals surface area contributed by atoms with E-state index in [1.165, 1.54) is 0 Å². The van der Waals surface area contributed by atoms with E-state index in [1.807, 2.05) is 10.3 Å². The highest BCUT2D eigenvalue weighted by atomic mass is 32.1. The van der Waals surface area contributed by atoms with Crippen LogP contribution in [0.2, 0.25) is 0 Å². The molecule has 0 bridgehead atoms. The van der Waals surface area contributed by atoms with Crippen LogP contribution in [0, 0.1) is 0 Å². The van der Waals surface area contributed by atoms with Gasteiger partial charge in [-0.1, -0.05) is 0 Å². The Balaban J connectivity index is 1.84. The largest absolute Gasteiger partial charge is 0.294 e. The first-order valence-corrected chi connectivity index (χ1v) is 5.60. The number of aromatic nitrogens is 1. The van der Waals surface area contributed by atoms with Crippen LogP contribution in [-0.4, -0.2) is 41.3 Å². The molecule has 2 rings (SSSR count). The third kappa shape index (κ3) is 2.84. The van der Waals surface area contributed by atoms with Gasteiger partial charge >= 0.3 is 0 Å². The molecule has 0 radical (unpaired) electrons. The Morgan fingerprint density at radius 3 is 2.73 bits per heavy atom. The van der Waals surface area contributed by atoms with E-state index in [2.05, 4.69) is 10.3 Å². The normalized spacial score (nSPS) is 17.9. The van der Waals surface area contributed by atoms with Crippen LogP contribution in [0.25, 0.3) is 0 Å². The van der Waals surface area contributed by atoms with Crippen molar-refractivity contribution in [3.05, 3.63) is 16.6 Å². The highest BCUT2D eigenvalue weighted by Crippen LogP contribution is 2.03. The van der Waals surface area contributed by atoms with Gasteiger partial charge in [-0.25, -0.2) is 4.98 Å². The minimum absolute atomic E-state index is 0.218. The predicted molar refractivity (Wildman–Crippen MR) is 55.4 cm³/mol. The van der Waals surface area contributed by atoms with Crippen LogP contribution >= 0.6 is 11.3 Å². The van der Waals surface area contributed by atoms with Gasteiger partial charge in [0.1, 0.15) is 0 Å². The topological polar surface area (TPSA) is 62.3 Å². The first-order valence-electron chi connectivity index (χ1n) is 4.66. The van der Waals surface area contributed by atoms with E-state index in [9.17, 15) is 9.59 Å². The van der Waals surface area contributed by atoms with Gasteiger partial charge in [-0.15, -0.1) is 11.3 Å². The molecule has 0 aliphatic carbocycles. The molecule has 5 nitrogen and oxygen atoms in total. The number of carbonyl (C=O) groups is 2. The van der Waals surface area contributed by atoms with Gasteiger partial charge in [-0.05, 0) is 0 Å². The van der Waals surface area contributed by atoms with Crippen molar-refractivity contribution in [1.82, 2.24) is 15.2 Å². The number of piperazine rings is 1. The highest BCUT2D eigenvalue weighted by Gasteiger charge is 2.21. The molecule has 0 aromatic carbocycles. The van der Waals surface area contributed by atoms with Crippen molar-refractivity contribution in [3.8, 4) is 0 Å². The Morgan fingerprint density at radius 1 is 1.40 bits per heavy atom. The summed E-state index contributed by atoms with van der Waals surface area (Å²) in [6, 6.07) is 0. The standard InChI is InChI=1S/C9H11N3O2S/c13-8-3-12(4-9(14)11-8)2-1-7-5-15-6-10-7/h5-6H,1-4H2,(H,11,13,14). The fraction of sp³-hybridized carbons (Fsp3) is 0.444. The molecule has 15 heavy (non-hydrogen) atoms. The van der Waals surface area contributed by atoms with Crippen LogP contribution in [-0.2, 0) is 16.0 Å². The van der Waals surface area contributed by atoms with Crippen molar-refractivity contribution < 1.29 is 9.59 Å². The van der Waals surface area contributed by atoms with Gasteiger partial charge in [0.05, 0.1) is 24.3 Å². The zero-order valence-electron chi connectivity index (χ0n) is 8.10. The summed E-state index contributed by atoms with van der Waals surface area (Å²) >= 11 is 1.55. The molecule has 6 heteroatoms. The third-order valence-electron chi connectivity index (χ3n) is 2.18. The number of carbonyl (C=O) groups excluding carboxylic acids is 2. The van der Waals surface area contributed by atoms with Crippen molar-refractivity contribution >= 4 is 23.2 Å². The first-order chi connectivity index (χ1) is 7.24. The Bertz CT molecular complexity index is 347. The van der Waals surface area contributed by atoms with Crippen molar-refractivity contribution in [3.63, 3.8) is 0 Å². The summed E-state index contributed by atoms with van der Waals surface area (Å²) < 4.78 is 0. The van der Waals surface area contributed by atoms with Crippen LogP contribution in [0.15, 0.2) is 10.9 Å². The Labute approximate surface area is 91.1 Å². The summed E-state index contributed by atoms with van der Waals surface area (Å²) in [5.74, 6) is -0.436. The summed E-state index contributed by atoms with van der Waals surface area (Å²) in [6.45, 7) is 1.30. The van der Waals surface area contributed by atoms with E-state index >= 15 is 0 Å². The number of nitrogens with one attached hydrogen (secondary N) is 1.